The number of carbonyl (C=O) groups is 2. The van der Waals surface area contributed by atoms with Crippen molar-refractivity contribution in [2.45, 2.75) is 42.9 Å². The summed E-state index contributed by atoms with van der Waals surface area (Å²) in [7, 11) is -3.76. The maximum Gasteiger partial charge on any atom is 0.328 e. The van der Waals surface area contributed by atoms with E-state index in [0.29, 0.717) is 18.7 Å². The minimum atomic E-state index is -3.76. The summed E-state index contributed by atoms with van der Waals surface area (Å²) in [6.07, 6.45) is 0.782. The first-order valence-electron chi connectivity index (χ1n) is 6.65. The maximum absolute atomic E-state index is 12.6. The van der Waals surface area contributed by atoms with Gasteiger partial charge >= 0.3 is 5.97 Å². The van der Waals surface area contributed by atoms with Gasteiger partial charge in [0.05, 0.1) is 16.4 Å². The molecule has 116 valence electrons. The topological polar surface area (TPSA) is 113 Å². The number of nitrogens with zero attached hydrogens (tertiary/aromatic N) is 2. The van der Waals surface area contributed by atoms with Gasteiger partial charge in [0.15, 0.2) is 9.84 Å². The highest BCUT2D eigenvalue weighted by Gasteiger charge is 2.71. The Morgan fingerprint density at radius 2 is 2.19 bits per heavy atom. The number of carbonyl (C=O) groups excluding carboxylic acids is 1. The summed E-state index contributed by atoms with van der Waals surface area (Å²) >= 11 is 0. The van der Waals surface area contributed by atoms with Crippen LogP contribution in [0.15, 0.2) is 5.16 Å². The molecular formula is C12H16N2O6S. The van der Waals surface area contributed by atoms with Gasteiger partial charge in [0.25, 0.3) is 0 Å². The van der Waals surface area contributed by atoms with Crippen LogP contribution in [0.4, 0.5) is 0 Å². The molecule has 3 rings (SSSR count). The third-order valence-electron chi connectivity index (χ3n) is 4.54. The number of hydrogen-bond acceptors (Lipinski definition) is 6. The lowest BCUT2D eigenvalue weighted by atomic mass is 9.88. The zero-order chi connectivity index (χ0) is 15.6. The number of fused-ring (bicyclic) bond motifs is 1. The van der Waals surface area contributed by atoms with Gasteiger partial charge in [-0.2, -0.15) is 0 Å². The molecule has 0 aromatic rings. The van der Waals surface area contributed by atoms with Crippen molar-refractivity contribution in [3.05, 3.63) is 0 Å². The second-order valence-electron chi connectivity index (χ2n) is 6.08. The second-order valence-corrected chi connectivity index (χ2v) is 8.70. The summed E-state index contributed by atoms with van der Waals surface area (Å²) < 4.78 is 23.7. The molecule has 3 aliphatic rings. The lowest BCUT2D eigenvalue weighted by molar-refractivity contribution is -0.163. The molecule has 3 aliphatic heterocycles. The Balaban J connectivity index is 1.95. The molecule has 1 N–H and O–H groups in total. The molecule has 21 heavy (non-hydrogen) atoms. The molecule has 0 saturated carbocycles. The second kappa shape index (κ2) is 4.19. The van der Waals surface area contributed by atoms with Crippen LogP contribution in [-0.2, 0) is 24.3 Å². The van der Waals surface area contributed by atoms with E-state index in [9.17, 15) is 23.1 Å². The third kappa shape index (κ3) is 1.66. The standard InChI is InChI=1S/C12H16N2O6S/c1-12(2)8(11(16)17)14-9(15)7(10(14)21(12,18)19)5-6-3-4-20-13-6/h7-8,10H,3-5H2,1-2H3,(H,16,17)/t7-,8+,10-/m1/s1. The molecule has 0 spiro atoms. The van der Waals surface area contributed by atoms with Crippen molar-refractivity contribution in [1.82, 2.24) is 4.90 Å². The average Bonchev–Trinajstić information content (AvgIpc) is 2.91. The highest BCUT2D eigenvalue weighted by molar-refractivity contribution is 7.93. The largest absolute Gasteiger partial charge is 0.480 e. The normalized spacial score (nSPS) is 35.7. The van der Waals surface area contributed by atoms with Crippen molar-refractivity contribution in [1.29, 1.82) is 0 Å². The van der Waals surface area contributed by atoms with E-state index in [1.165, 1.54) is 13.8 Å². The van der Waals surface area contributed by atoms with E-state index < -0.39 is 43.8 Å². The molecule has 2 fully saturated rings. The van der Waals surface area contributed by atoms with Gasteiger partial charge in [0.2, 0.25) is 5.91 Å². The lowest BCUT2D eigenvalue weighted by Gasteiger charge is -2.42. The number of carboxylic acid groups (broad SMARTS) is 1. The van der Waals surface area contributed by atoms with Gasteiger partial charge in [0, 0.05) is 12.8 Å². The summed E-state index contributed by atoms with van der Waals surface area (Å²) in [4.78, 5) is 29.5. The van der Waals surface area contributed by atoms with Crippen LogP contribution in [0.25, 0.3) is 0 Å². The van der Waals surface area contributed by atoms with Gasteiger partial charge in [-0.1, -0.05) is 5.16 Å². The summed E-state index contributed by atoms with van der Waals surface area (Å²) in [5.41, 5.74) is 0.653. The predicted octanol–water partition coefficient (Wildman–Crippen LogP) is -0.402. The predicted molar refractivity (Wildman–Crippen MR) is 71.2 cm³/mol. The number of hydrogen-bond donors (Lipinski definition) is 1. The number of sulfone groups is 1. The van der Waals surface area contributed by atoms with Gasteiger partial charge in [-0.25, -0.2) is 13.2 Å². The zero-order valence-electron chi connectivity index (χ0n) is 11.6. The van der Waals surface area contributed by atoms with Crippen LogP contribution in [0.1, 0.15) is 26.7 Å². The SMILES string of the molecule is CC1(C)[C@H](C(=O)O)N2C(=O)[C@@H](CC3=NOCC3)[C@H]2S1(=O)=O. The fraction of sp³-hybridized carbons (Fsp3) is 0.750. The van der Waals surface area contributed by atoms with E-state index in [2.05, 4.69) is 5.16 Å². The fourth-order valence-electron chi connectivity index (χ4n) is 3.34. The molecule has 0 bridgehead atoms. The minimum absolute atomic E-state index is 0.210. The van der Waals surface area contributed by atoms with E-state index in [1.807, 2.05) is 0 Å². The number of amides is 1. The van der Waals surface area contributed by atoms with Crippen molar-refractivity contribution in [2.75, 3.05) is 6.61 Å². The molecule has 2 saturated heterocycles. The van der Waals surface area contributed by atoms with Crippen LogP contribution >= 0.6 is 0 Å². The fourth-order valence-corrected chi connectivity index (χ4v) is 5.65. The Morgan fingerprint density at radius 3 is 2.71 bits per heavy atom. The Bertz CT molecular complexity index is 653. The molecule has 8 nitrogen and oxygen atoms in total. The molecule has 0 radical (unpaired) electrons. The third-order valence-corrected chi connectivity index (χ3v) is 7.42. The zero-order valence-corrected chi connectivity index (χ0v) is 12.5. The van der Waals surface area contributed by atoms with E-state index in [4.69, 9.17) is 4.84 Å². The van der Waals surface area contributed by atoms with E-state index in [0.717, 1.165) is 4.90 Å². The Labute approximate surface area is 121 Å². The Kier molecular flexibility index (Phi) is 2.85. The maximum atomic E-state index is 12.6. The van der Waals surface area contributed by atoms with Crippen molar-refractivity contribution < 1.29 is 28.0 Å². The number of rotatable bonds is 3. The van der Waals surface area contributed by atoms with E-state index >= 15 is 0 Å². The molecule has 0 unspecified atom stereocenters. The van der Waals surface area contributed by atoms with Crippen molar-refractivity contribution in [3.8, 4) is 0 Å². The smallest absolute Gasteiger partial charge is 0.328 e. The van der Waals surface area contributed by atoms with Crippen LogP contribution < -0.4 is 0 Å². The van der Waals surface area contributed by atoms with Crippen LogP contribution in [0.2, 0.25) is 0 Å². The molecule has 0 aromatic carbocycles. The highest BCUT2D eigenvalue weighted by atomic mass is 32.2. The van der Waals surface area contributed by atoms with Gasteiger partial charge < -0.3 is 14.8 Å². The van der Waals surface area contributed by atoms with Gasteiger partial charge in [-0.3, -0.25) is 4.79 Å². The number of β-lactam (4-membered cyclic amide) rings is 1. The number of oxime groups is 1. The minimum Gasteiger partial charge on any atom is -0.480 e. The van der Waals surface area contributed by atoms with E-state index in [1.54, 1.807) is 0 Å². The molecule has 0 aromatic heterocycles. The summed E-state index contributed by atoms with van der Waals surface area (Å²) in [6, 6.07) is -1.34. The van der Waals surface area contributed by atoms with Gasteiger partial charge in [0.1, 0.15) is 18.0 Å². The first kappa shape index (κ1) is 14.3. The quantitative estimate of drug-likeness (QED) is 0.709. The molecular weight excluding hydrogens is 300 g/mol. The molecule has 3 atom stereocenters. The van der Waals surface area contributed by atoms with Crippen LogP contribution in [0.3, 0.4) is 0 Å². The number of aliphatic carboxylic acids is 1. The highest BCUT2D eigenvalue weighted by Crippen LogP contribution is 2.49. The van der Waals surface area contributed by atoms with Crippen LogP contribution in [-0.4, -0.2) is 58.8 Å². The molecule has 3 heterocycles. The monoisotopic (exact) mass is 316 g/mol. The Morgan fingerprint density at radius 1 is 1.52 bits per heavy atom. The van der Waals surface area contributed by atoms with Gasteiger partial charge in [-0.15, -0.1) is 0 Å². The first-order valence-corrected chi connectivity index (χ1v) is 8.20. The molecule has 9 heteroatoms. The first-order chi connectivity index (χ1) is 9.69. The number of carboxylic acids is 1. The summed E-state index contributed by atoms with van der Waals surface area (Å²) in [5.74, 6) is -2.48. The summed E-state index contributed by atoms with van der Waals surface area (Å²) in [5, 5.41) is 12.0. The van der Waals surface area contributed by atoms with Crippen molar-refractivity contribution >= 4 is 27.4 Å². The van der Waals surface area contributed by atoms with E-state index in [-0.39, 0.29) is 6.42 Å². The van der Waals surface area contributed by atoms with Crippen LogP contribution in [0, 0.1) is 5.92 Å². The lowest BCUT2D eigenvalue weighted by Crippen LogP contribution is -2.63. The average molecular weight is 316 g/mol. The molecule has 0 aliphatic carbocycles. The van der Waals surface area contributed by atoms with Crippen LogP contribution in [0.5, 0.6) is 0 Å². The summed E-state index contributed by atoms with van der Waals surface area (Å²) in [6.45, 7) is 3.15. The van der Waals surface area contributed by atoms with Gasteiger partial charge in [-0.05, 0) is 13.8 Å². The van der Waals surface area contributed by atoms with Crippen molar-refractivity contribution in [3.63, 3.8) is 0 Å². The molecule has 1 amide bonds. The Hall–Kier alpha value is -1.64. The van der Waals surface area contributed by atoms with Crippen molar-refractivity contribution in [2.24, 2.45) is 11.1 Å².